The molecule has 1 fully saturated rings. The third kappa shape index (κ3) is 4.90. The Morgan fingerprint density at radius 3 is 2.77 bits per heavy atom. The van der Waals surface area contributed by atoms with Crippen LogP contribution in [0.5, 0.6) is 0 Å². The Balaban J connectivity index is 1.88. The van der Waals surface area contributed by atoms with E-state index in [2.05, 4.69) is 10.6 Å². The minimum absolute atomic E-state index is 0.00427. The average molecular weight is 324 g/mol. The number of ether oxygens (including phenoxy) is 1. The number of carbonyl (C=O) groups excluding carboxylic acids is 1. The molecular weight excluding hydrogens is 300 g/mol. The van der Waals surface area contributed by atoms with Crippen LogP contribution in [0.1, 0.15) is 18.4 Å². The number of nitrogens with one attached hydrogen (secondary N) is 2. The van der Waals surface area contributed by atoms with Gasteiger partial charge in [-0.3, -0.25) is 0 Å². The summed E-state index contributed by atoms with van der Waals surface area (Å²) in [7, 11) is 0. The highest BCUT2D eigenvalue weighted by Gasteiger charge is 2.33. The summed E-state index contributed by atoms with van der Waals surface area (Å²) in [6.45, 7) is 2.74. The van der Waals surface area contributed by atoms with E-state index in [0.29, 0.717) is 13.2 Å². The molecule has 0 unspecified atom stereocenters. The van der Waals surface area contributed by atoms with Gasteiger partial charge in [-0.05, 0) is 42.9 Å². The molecule has 0 radical (unpaired) electrons. The number of rotatable bonds is 6. The Morgan fingerprint density at radius 2 is 2.09 bits per heavy atom. The lowest BCUT2D eigenvalue weighted by Gasteiger charge is -2.37. The van der Waals surface area contributed by atoms with Gasteiger partial charge in [-0.1, -0.05) is 18.2 Å². The fourth-order valence-corrected chi connectivity index (χ4v) is 3.74. The molecule has 1 aromatic carbocycles. The Bertz CT molecular complexity index is 490. The van der Waals surface area contributed by atoms with E-state index in [4.69, 9.17) is 9.84 Å². The molecule has 0 aliphatic carbocycles. The first-order valence-corrected chi connectivity index (χ1v) is 8.74. The molecule has 2 amide bonds. The Hall–Kier alpha value is -1.24. The van der Waals surface area contributed by atoms with E-state index in [0.717, 1.165) is 35.6 Å². The molecule has 0 spiro atoms. The van der Waals surface area contributed by atoms with Crippen molar-refractivity contribution < 1.29 is 14.6 Å². The molecule has 3 N–H and O–H groups in total. The van der Waals surface area contributed by atoms with Crippen molar-refractivity contribution in [3.63, 3.8) is 0 Å². The summed E-state index contributed by atoms with van der Waals surface area (Å²) >= 11 is 1.90. The van der Waals surface area contributed by atoms with Crippen molar-refractivity contribution in [2.24, 2.45) is 0 Å². The lowest BCUT2D eigenvalue weighted by atomic mass is 9.96. The van der Waals surface area contributed by atoms with Crippen molar-refractivity contribution in [3.8, 4) is 0 Å². The number of aliphatic hydroxyl groups is 1. The molecule has 1 aliphatic heterocycles. The lowest BCUT2D eigenvalue weighted by molar-refractivity contribution is -0.0601. The Kier molecular flexibility index (Phi) is 6.54. The van der Waals surface area contributed by atoms with Crippen LogP contribution in [0.4, 0.5) is 10.5 Å². The SMILES string of the molecule is Cc1ccccc1NC(=O)NCC1(OCCO)CCSCC1. The minimum atomic E-state index is -0.350. The largest absolute Gasteiger partial charge is 0.394 e. The molecule has 0 saturated carbocycles. The summed E-state index contributed by atoms with van der Waals surface area (Å²) in [5.41, 5.74) is 1.49. The summed E-state index contributed by atoms with van der Waals surface area (Å²) in [6, 6.07) is 7.45. The number of para-hydroxylation sites is 1. The van der Waals surface area contributed by atoms with Crippen molar-refractivity contribution in [1.82, 2.24) is 5.32 Å². The first-order valence-electron chi connectivity index (χ1n) is 7.58. The highest BCUT2D eigenvalue weighted by molar-refractivity contribution is 7.99. The molecule has 1 aromatic rings. The second kappa shape index (κ2) is 8.41. The van der Waals surface area contributed by atoms with Gasteiger partial charge >= 0.3 is 6.03 Å². The third-order valence-corrected chi connectivity index (χ3v) is 4.85. The van der Waals surface area contributed by atoms with Crippen LogP contribution in [0.2, 0.25) is 0 Å². The van der Waals surface area contributed by atoms with E-state index in [1.54, 1.807) is 0 Å². The summed E-state index contributed by atoms with van der Waals surface area (Å²) in [4.78, 5) is 12.1. The van der Waals surface area contributed by atoms with Gasteiger partial charge in [0.2, 0.25) is 0 Å². The van der Waals surface area contributed by atoms with Gasteiger partial charge in [0.1, 0.15) is 0 Å². The number of hydrogen-bond donors (Lipinski definition) is 3. The van der Waals surface area contributed by atoms with Gasteiger partial charge in [0, 0.05) is 12.2 Å². The maximum absolute atomic E-state index is 12.1. The van der Waals surface area contributed by atoms with Crippen LogP contribution in [0, 0.1) is 6.92 Å². The van der Waals surface area contributed by atoms with E-state index in [1.807, 2.05) is 43.0 Å². The summed E-state index contributed by atoms with van der Waals surface area (Å²) in [5.74, 6) is 2.04. The summed E-state index contributed by atoms with van der Waals surface area (Å²) in [6.07, 6.45) is 1.78. The molecule has 6 heteroatoms. The molecular formula is C16H24N2O3S. The number of aryl methyl sites for hydroxylation is 1. The predicted octanol–water partition coefficient (Wildman–Crippen LogP) is 2.39. The van der Waals surface area contributed by atoms with Gasteiger partial charge in [-0.2, -0.15) is 11.8 Å². The monoisotopic (exact) mass is 324 g/mol. The maximum atomic E-state index is 12.1. The molecule has 2 rings (SSSR count). The van der Waals surface area contributed by atoms with Gasteiger partial charge in [0.05, 0.1) is 18.8 Å². The second-order valence-corrected chi connectivity index (χ2v) is 6.71. The van der Waals surface area contributed by atoms with E-state index >= 15 is 0 Å². The van der Waals surface area contributed by atoms with Gasteiger partial charge in [0.15, 0.2) is 0 Å². The second-order valence-electron chi connectivity index (χ2n) is 5.49. The smallest absolute Gasteiger partial charge is 0.319 e. The van der Waals surface area contributed by atoms with Crippen LogP contribution in [0.25, 0.3) is 0 Å². The average Bonchev–Trinajstić information content (AvgIpc) is 2.54. The quantitative estimate of drug-likeness (QED) is 0.751. The number of aliphatic hydroxyl groups excluding tert-OH is 1. The van der Waals surface area contributed by atoms with E-state index in [-0.39, 0.29) is 18.2 Å². The van der Waals surface area contributed by atoms with Crippen LogP contribution >= 0.6 is 11.8 Å². The van der Waals surface area contributed by atoms with E-state index in [9.17, 15) is 4.79 Å². The molecule has 122 valence electrons. The van der Waals surface area contributed by atoms with Gasteiger partial charge in [0.25, 0.3) is 0 Å². The fraction of sp³-hybridized carbons (Fsp3) is 0.562. The van der Waals surface area contributed by atoms with Gasteiger partial charge < -0.3 is 20.5 Å². The number of hydrogen-bond acceptors (Lipinski definition) is 4. The van der Waals surface area contributed by atoms with Crippen LogP contribution in [-0.2, 0) is 4.74 Å². The summed E-state index contributed by atoms with van der Waals surface area (Å²) < 4.78 is 5.84. The normalized spacial score (nSPS) is 17.0. The fourth-order valence-electron chi connectivity index (χ4n) is 2.50. The zero-order valence-corrected chi connectivity index (χ0v) is 13.7. The van der Waals surface area contributed by atoms with Crippen molar-refractivity contribution in [2.45, 2.75) is 25.4 Å². The highest BCUT2D eigenvalue weighted by Crippen LogP contribution is 2.30. The number of anilines is 1. The molecule has 22 heavy (non-hydrogen) atoms. The molecule has 0 aromatic heterocycles. The van der Waals surface area contributed by atoms with Gasteiger partial charge in [-0.15, -0.1) is 0 Å². The number of benzene rings is 1. The molecule has 1 aliphatic rings. The van der Waals surface area contributed by atoms with Crippen molar-refractivity contribution in [2.75, 3.05) is 36.6 Å². The first kappa shape index (κ1) is 17.1. The molecule has 5 nitrogen and oxygen atoms in total. The minimum Gasteiger partial charge on any atom is -0.394 e. The third-order valence-electron chi connectivity index (χ3n) is 3.87. The molecule has 0 atom stereocenters. The number of amides is 2. The maximum Gasteiger partial charge on any atom is 0.319 e. The van der Waals surface area contributed by atoms with Crippen LogP contribution in [-0.4, -0.2) is 48.0 Å². The number of urea groups is 1. The Morgan fingerprint density at radius 1 is 1.36 bits per heavy atom. The number of carbonyl (C=O) groups is 1. The zero-order chi connectivity index (χ0) is 15.8. The number of thioether (sulfide) groups is 1. The Labute approximate surface area is 135 Å². The topological polar surface area (TPSA) is 70.6 Å². The van der Waals surface area contributed by atoms with E-state index in [1.165, 1.54) is 0 Å². The van der Waals surface area contributed by atoms with Crippen LogP contribution in [0.15, 0.2) is 24.3 Å². The standard InChI is InChI=1S/C16H24N2O3S/c1-13-4-2-3-5-14(13)18-15(20)17-12-16(21-9-8-19)6-10-22-11-7-16/h2-5,19H,6-12H2,1H3,(H2,17,18,20). The van der Waals surface area contributed by atoms with Crippen LogP contribution in [0.3, 0.4) is 0 Å². The van der Waals surface area contributed by atoms with E-state index < -0.39 is 0 Å². The van der Waals surface area contributed by atoms with Crippen molar-refractivity contribution in [1.29, 1.82) is 0 Å². The van der Waals surface area contributed by atoms with Crippen molar-refractivity contribution >= 4 is 23.5 Å². The highest BCUT2D eigenvalue weighted by atomic mass is 32.2. The molecule has 1 heterocycles. The first-order chi connectivity index (χ1) is 10.7. The predicted molar refractivity (Wildman–Crippen MR) is 90.5 cm³/mol. The summed E-state index contributed by atoms with van der Waals surface area (Å²) in [5, 5.41) is 14.8. The zero-order valence-electron chi connectivity index (χ0n) is 12.9. The molecule has 1 saturated heterocycles. The lowest BCUT2D eigenvalue weighted by Crippen LogP contribution is -2.48. The van der Waals surface area contributed by atoms with Gasteiger partial charge in [-0.25, -0.2) is 4.79 Å². The molecule has 0 bridgehead atoms. The van der Waals surface area contributed by atoms with Crippen LogP contribution < -0.4 is 10.6 Å². The van der Waals surface area contributed by atoms with Crippen molar-refractivity contribution in [3.05, 3.63) is 29.8 Å².